The van der Waals surface area contributed by atoms with Gasteiger partial charge in [-0.25, -0.2) is 0 Å². The molecule has 0 aromatic heterocycles. The van der Waals surface area contributed by atoms with Crippen LogP contribution in [0.25, 0.3) is 0 Å². The molecule has 2 amide bonds. The summed E-state index contributed by atoms with van der Waals surface area (Å²) in [7, 11) is 0. The monoisotopic (exact) mass is 197 g/mol. The van der Waals surface area contributed by atoms with Gasteiger partial charge in [-0.1, -0.05) is 0 Å². The quantitative estimate of drug-likeness (QED) is 0.615. The molecular weight excluding hydrogens is 186 g/mol. The van der Waals surface area contributed by atoms with E-state index in [1.165, 1.54) is 23.5 Å². The summed E-state index contributed by atoms with van der Waals surface area (Å²) in [6.07, 6.45) is 5.03. The van der Waals surface area contributed by atoms with Crippen molar-refractivity contribution in [1.29, 1.82) is 0 Å². The molecule has 0 bridgehead atoms. The van der Waals surface area contributed by atoms with Crippen LogP contribution in [0.1, 0.15) is 12.8 Å². The van der Waals surface area contributed by atoms with E-state index >= 15 is 0 Å². The van der Waals surface area contributed by atoms with Gasteiger partial charge in [-0.05, 0) is 18.6 Å². The first kappa shape index (κ1) is 8.81. The molecule has 2 heterocycles. The Hall–Kier alpha value is -0.770. The lowest BCUT2D eigenvalue weighted by Crippen LogP contribution is -2.35. The van der Waals surface area contributed by atoms with Gasteiger partial charge in [0, 0.05) is 23.9 Å². The van der Waals surface area contributed by atoms with Crippen LogP contribution in [0, 0.1) is 0 Å². The van der Waals surface area contributed by atoms with Crippen molar-refractivity contribution in [1.82, 2.24) is 4.90 Å². The summed E-state index contributed by atoms with van der Waals surface area (Å²) in [5.41, 5.74) is 0. The van der Waals surface area contributed by atoms with Crippen molar-refractivity contribution in [3.8, 4) is 0 Å². The second-order valence-electron chi connectivity index (χ2n) is 3.26. The number of rotatable bonds is 2. The van der Waals surface area contributed by atoms with Crippen molar-refractivity contribution >= 4 is 23.6 Å². The summed E-state index contributed by atoms with van der Waals surface area (Å²) in [5.74, 6) is 0.851. The summed E-state index contributed by atoms with van der Waals surface area (Å²) in [6, 6.07) is 0. The maximum atomic E-state index is 11.2. The number of hydrogen-bond acceptors (Lipinski definition) is 3. The van der Waals surface area contributed by atoms with Crippen molar-refractivity contribution in [2.75, 3.05) is 12.3 Å². The standard InChI is InChI=1S/C9H11NO2S/c11-8-3-4-9(12)10(8)6-7-2-1-5-13-7/h3-4,7H,1-2,5-6H2. The van der Waals surface area contributed by atoms with Crippen molar-refractivity contribution < 1.29 is 9.59 Å². The van der Waals surface area contributed by atoms with Crippen molar-refractivity contribution in [2.45, 2.75) is 18.1 Å². The van der Waals surface area contributed by atoms with Gasteiger partial charge in [-0.3, -0.25) is 14.5 Å². The molecule has 0 saturated carbocycles. The van der Waals surface area contributed by atoms with Crippen molar-refractivity contribution in [3.05, 3.63) is 12.2 Å². The molecule has 0 aliphatic carbocycles. The maximum absolute atomic E-state index is 11.2. The maximum Gasteiger partial charge on any atom is 0.253 e. The molecule has 1 fully saturated rings. The third-order valence-corrected chi connectivity index (χ3v) is 3.69. The zero-order valence-corrected chi connectivity index (χ0v) is 8.05. The van der Waals surface area contributed by atoms with Gasteiger partial charge in [0.25, 0.3) is 11.8 Å². The summed E-state index contributed by atoms with van der Waals surface area (Å²) in [6.45, 7) is 0.593. The molecule has 0 aromatic carbocycles. The van der Waals surface area contributed by atoms with Crippen LogP contribution in [0.5, 0.6) is 0 Å². The van der Waals surface area contributed by atoms with Crippen LogP contribution >= 0.6 is 11.8 Å². The SMILES string of the molecule is O=C1C=CC(=O)N1CC1CCCS1. The van der Waals surface area contributed by atoms with Crippen molar-refractivity contribution in [3.63, 3.8) is 0 Å². The molecule has 2 aliphatic rings. The average molecular weight is 197 g/mol. The van der Waals surface area contributed by atoms with Crippen LogP contribution in [0.2, 0.25) is 0 Å². The van der Waals surface area contributed by atoms with Gasteiger partial charge in [0.2, 0.25) is 0 Å². The van der Waals surface area contributed by atoms with Crippen LogP contribution in [0.15, 0.2) is 12.2 Å². The second kappa shape index (κ2) is 3.54. The minimum Gasteiger partial charge on any atom is -0.274 e. The number of carbonyl (C=O) groups is 2. The van der Waals surface area contributed by atoms with Crippen LogP contribution in [0.4, 0.5) is 0 Å². The fourth-order valence-electron chi connectivity index (χ4n) is 1.60. The number of imide groups is 1. The number of carbonyl (C=O) groups excluding carboxylic acids is 2. The van der Waals surface area contributed by atoms with Gasteiger partial charge in [0.15, 0.2) is 0 Å². The van der Waals surface area contributed by atoms with Gasteiger partial charge in [-0.2, -0.15) is 11.8 Å². The first-order valence-electron chi connectivity index (χ1n) is 4.42. The lowest BCUT2D eigenvalue weighted by Gasteiger charge is -2.17. The van der Waals surface area contributed by atoms with Gasteiger partial charge < -0.3 is 0 Å². The zero-order chi connectivity index (χ0) is 9.26. The molecule has 1 atom stereocenters. The van der Waals surface area contributed by atoms with Crippen LogP contribution in [0.3, 0.4) is 0 Å². The Morgan fingerprint density at radius 3 is 2.62 bits per heavy atom. The number of amides is 2. The minimum absolute atomic E-state index is 0.155. The predicted molar refractivity (Wildman–Crippen MR) is 51.3 cm³/mol. The van der Waals surface area contributed by atoms with Gasteiger partial charge in [-0.15, -0.1) is 0 Å². The third kappa shape index (κ3) is 1.77. The highest BCUT2D eigenvalue weighted by Gasteiger charge is 2.27. The van der Waals surface area contributed by atoms with E-state index in [1.54, 1.807) is 0 Å². The first-order chi connectivity index (χ1) is 6.27. The Bertz CT molecular complexity index is 251. The van der Waals surface area contributed by atoms with E-state index < -0.39 is 0 Å². The molecule has 0 spiro atoms. The van der Waals surface area contributed by atoms with E-state index in [2.05, 4.69) is 0 Å². The molecule has 13 heavy (non-hydrogen) atoms. The molecule has 1 unspecified atom stereocenters. The Morgan fingerprint density at radius 1 is 1.38 bits per heavy atom. The van der Waals surface area contributed by atoms with Crippen LogP contribution in [-0.2, 0) is 9.59 Å². The van der Waals surface area contributed by atoms with E-state index in [1.807, 2.05) is 11.8 Å². The van der Waals surface area contributed by atoms with Crippen LogP contribution in [-0.4, -0.2) is 34.3 Å². The molecule has 70 valence electrons. The zero-order valence-electron chi connectivity index (χ0n) is 7.23. The van der Waals surface area contributed by atoms with E-state index in [0.29, 0.717) is 11.8 Å². The first-order valence-corrected chi connectivity index (χ1v) is 5.47. The van der Waals surface area contributed by atoms with Crippen molar-refractivity contribution in [2.24, 2.45) is 0 Å². The topological polar surface area (TPSA) is 37.4 Å². The minimum atomic E-state index is -0.155. The fraction of sp³-hybridized carbons (Fsp3) is 0.556. The summed E-state index contributed by atoms with van der Waals surface area (Å²) in [5, 5.41) is 0.466. The molecule has 0 aromatic rings. The van der Waals surface area contributed by atoms with Crippen LogP contribution < -0.4 is 0 Å². The Kier molecular flexibility index (Phi) is 2.40. The molecule has 0 radical (unpaired) electrons. The molecule has 0 N–H and O–H groups in total. The normalized spacial score (nSPS) is 27.7. The number of nitrogens with zero attached hydrogens (tertiary/aromatic N) is 1. The number of thioether (sulfide) groups is 1. The molecule has 2 aliphatic heterocycles. The fourth-order valence-corrected chi connectivity index (χ4v) is 2.86. The van der Waals surface area contributed by atoms with Gasteiger partial charge >= 0.3 is 0 Å². The van der Waals surface area contributed by atoms with E-state index in [4.69, 9.17) is 0 Å². The molecular formula is C9H11NO2S. The highest BCUT2D eigenvalue weighted by atomic mass is 32.2. The molecule has 2 rings (SSSR count). The Morgan fingerprint density at radius 2 is 2.08 bits per heavy atom. The van der Waals surface area contributed by atoms with E-state index in [0.717, 1.165) is 12.2 Å². The smallest absolute Gasteiger partial charge is 0.253 e. The summed E-state index contributed by atoms with van der Waals surface area (Å²) in [4.78, 5) is 23.7. The average Bonchev–Trinajstić information content (AvgIpc) is 2.70. The highest BCUT2D eigenvalue weighted by molar-refractivity contribution is 8.00. The predicted octanol–water partition coefficient (Wildman–Crippen LogP) is 0.807. The molecule has 1 saturated heterocycles. The van der Waals surface area contributed by atoms with E-state index in [9.17, 15) is 9.59 Å². The molecule has 3 nitrogen and oxygen atoms in total. The van der Waals surface area contributed by atoms with Gasteiger partial charge in [0.05, 0.1) is 0 Å². The Labute approximate surface area is 81.2 Å². The molecule has 4 heteroatoms. The number of hydrogen-bond donors (Lipinski definition) is 0. The second-order valence-corrected chi connectivity index (χ2v) is 4.66. The summed E-state index contributed by atoms with van der Waals surface area (Å²) >= 11 is 1.86. The lowest BCUT2D eigenvalue weighted by atomic mass is 10.2. The lowest BCUT2D eigenvalue weighted by molar-refractivity contribution is -0.136. The van der Waals surface area contributed by atoms with Gasteiger partial charge in [0.1, 0.15) is 0 Å². The Balaban J connectivity index is 1.94. The highest BCUT2D eigenvalue weighted by Crippen LogP contribution is 2.27. The largest absolute Gasteiger partial charge is 0.274 e. The van der Waals surface area contributed by atoms with E-state index in [-0.39, 0.29) is 11.8 Å². The third-order valence-electron chi connectivity index (χ3n) is 2.31. The summed E-state index contributed by atoms with van der Waals surface area (Å²) < 4.78 is 0.